The molecule has 5 nitrogen and oxygen atoms in total. The van der Waals surface area contributed by atoms with E-state index in [4.69, 9.17) is 0 Å². The van der Waals surface area contributed by atoms with E-state index in [9.17, 15) is 15.0 Å². The van der Waals surface area contributed by atoms with Crippen LogP contribution in [0.3, 0.4) is 0 Å². The average Bonchev–Trinajstić information content (AvgIpc) is 3.24. The van der Waals surface area contributed by atoms with Crippen LogP contribution in [-0.4, -0.2) is 32.8 Å². The standard InChI is InChI=1S/C14H22N2O3/c1-3-15(4-2)8-12-14(19)13(18)7-11(9-17)16(12)10-5-6-10/h7,10,17,19H,3-6,8-9H2,1-2H3. The van der Waals surface area contributed by atoms with Crippen LogP contribution >= 0.6 is 0 Å². The number of aromatic hydroxyl groups is 1. The molecule has 1 aliphatic carbocycles. The van der Waals surface area contributed by atoms with Crippen LogP contribution in [0.15, 0.2) is 10.9 Å². The average molecular weight is 266 g/mol. The highest BCUT2D eigenvalue weighted by molar-refractivity contribution is 5.31. The van der Waals surface area contributed by atoms with Gasteiger partial charge in [0, 0.05) is 24.3 Å². The summed E-state index contributed by atoms with van der Waals surface area (Å²) in [7, 11) is 0. The van der Waals surface area contributed by atoms with E-state index in [-0.39, 0.29) is 12.4 Å². The number of hydrogen-bond donors (Lipinski definition) is 2. The van der Waals surface area contributed by atoms with E-state index < -0.39 is 5.43 Å². The van der Waals surface area contributed by atoms with Gasteiger partial charge in [-0.15, -0.1) is 0 Å². The minimum atomic E-state index is -0.400. The SMILES string of the molecule is CCN(CC)Cc1c(O)c(=O)cc(CO)n1C1CC1. The van der Waals surface area contributed by atoms with E-state index in [1.807, 2.05) is 4.57 Å². The Labute approximate surface area is 113 Å². The predicted octanol–water partition coefficient (Wildman–Crippen LogP) is 1.22. The molecule has 2 rings (SSSR count). The number of pyridine rings is 1. The molecule has 0 spiro atoms. The lowest BCUT2D eigenvalue weighted by molar-refractivity contribution is 0.256. The Morgan fingerprint density at radius 3 is 2.47 bits per heavy atom. The van der Waals surface area contributed by atoms with E-state index in [1.54, 1.807) is 0 Å². The smallest absolute Gasteiger partial charge is 0.223 e. The second-order valence-electron chi connectivity index (χ2n) is 5.02. The number of aliphatic hydroxyl groups excluding tert-OH is 1. The molecule has 5 heteroatoms. The van der Waals surface area contributed by atoms with E-state index in [2.05, 4.69) is 18.7 Å². The van der Waals surface area contributed by atoms with Crippen LogP contribution in [0.5, 0.6) is 5.75 Å². The molecule has 0 unspecified atom stereocenters. The van der Waals surface area contributed by atoms with Crippen molar-refractivity contribution in [3.05, 3.63) is 27.7 Å². The van der Waals surface area contributed by atoms with Crippen molar-refractivity contribution in [2.75, 3.05) is 13.1 Å². The topological polar surface area (TPSA) is 65.7 Å². The molecule has 0 amide bonds. The van der Waals surface area contributed by atoms with Crippen molar-refractivity contribution in [2.45, 2.75) is 45.9 Å². The number of hydrogen-bond acceptors (Lipinski definition) is 4. The highest BCUT2D eigenvalue weighted by Gasteiger charge is 2.29. The molecule has 1 heterocycles. The molecule has 0 saturated heterocycles. The molecule has 1 aliphatic rings. The van der Waals surface area contributed by atoms with Crippen molar-refractivity contribution in [2.24, 2.45) is 0 Å². The molecule has 106 valence electrons. The summed E-state index contributed by atoms with van der Waals surface area (Å²) in [6.07, 6.45) is 2.08. The van der Waals surface area contributed by atoms with Crippen LogP contribution in [0.4, 0.5) is 0 Å². The molecule has 1 saturated carbocycles. The summed E-state index contributed by atoms with van der Waals surface area (Å²) in [5, 5.41) is 19.5. The van der Waals surface area contributed by atoms with E-state index in [0.717, 1.165) is 25.9 Å². The summed E-state index contributed by atoms with van der Waals surface area (Å²) in [6, 6.07) is 1.67. The molecule has 19 heavy (non-hydrogen) atoms. The fraction of sp³-hybridized carbons (Fsp3) is 0.643. The van der Waals surface area contributed by atoms with Gasteiger partial charge in [-0.25, -0.2) is 0 Å². The second-order valence-corrected chi connectivity index (χ2v) is 5.02. The summed E-state index contributed by atoms with van der Waals surface area (Å²) in [6.45, 7) is 6.19. The largest absolute Gasteiger partial charge is 0.503 e. The molecule has 0 aliphatic heterocycles. The third-order valence-corrected chi connectivity index (χ3v) is 3.75. The lowest BCUT2D eigenvalue weighted by atomic mass is 10.2. The molecule has 1 fully saturated rings. The maximum Gasteiger partial charge on any atom is 0.223 e. The zero-order valence-electron chi connectivity index (χ0n) is 11.6. The van der Waals surface area contributed by atoms with E-state index >= 15 is 0 Å². The quantitative estimate of drug-likeness (QED) is 0.812. The fourth-order valence-electron chi connectivity index (χ4n) is 2.44. The van der Waals surface area contributed by atoms with Gasteiger partial charge in [0.2, 0.25) is 5.43 Å². The van der Waals surface area contributed by atoms with Gasteiger partial charge >= 0.3 is 0 Å². The Hall–Kier alpha value is -1.33. The van der Waals surface area contributed by atoms with E-state index in [1.165, 1.54) is 6.07 Å². The van der Waals surface area contributed by atoms with Crippen molar-refractivity contribution in [3.63, 3.8) is 0 Å². The molecule has 1 aromatic heterocycles. The fourth-order valence-corrected chi connectivity index (χ4v) is 2.44. The Morgan fingerprint density at radius 2 is 2.00 bits per heavy atom. The highest BCUT2D eigenvalue weighted by atomic mass is 16.3. The first-order chi connectivity index (χ1) is 9.12. The van der Waals surface area contributed by atoms with Gasteiger partial charge in [0.05, 0.1) is 12.3 Å². The summed E-state index contributed by atoms with van der Waals surface area (Å²) in [5.41, 5.74) is 0.846. The molecule has 0 atom stereocenters. The molecule has 0 aromatic carbocycles. The number of nitrogens with zero attached hydrogens (tertiary/aromatic N) is 2. The van der Waals surface area contributed by atoms with Gasteiger partial charge in [-0.3, -0.25) is 9.69 Å². The van der Waals surface area contributed by atoms with Gasteiger partial charge < -0.3 is 14.8 Å². The van der Waals surface area contributed by atoms with Crippen molar-refractivity contribution in [1.82, 2.24) is 9.47 Å². The van der Waals surface area contributed by atoms with Gasteiger partial charge in [-0.05, 0) is 25.9 Å². The van der Waals surface area contributed by atoms with Gasteiger partial charge in [0.25, 0.3) is 0 Å². The van der Waals surface area contributed by atoms with Gasteiger partial charge in [-0.2, -0.15) is 0 Å². The minimum Gasteiger partial charge on any atom is -0.503 e. The Bertz CT molecular complexity index is 502. The molecule has 0 radical (unpaired) electrons. The zero-order chi connectivity index (χ0) is 14.0. The third kappa shape index (κ3) is 2.82. The first kappa shape index (κ1) is 14.1. The number of aliphatic hydroxyl groups is 1. The summed E-state index contributed by atoms with van der Waals surface area (Å²) in [5.74, 6) is -0.170. The first-order valence-electron chi connectivity index (χ1n) is 6.91. The normalized spacial score (nSPS) is 15.2. The summed E-state index contributed by atoms with van der Waals surface area (Å²) >= 11 is 0. The highest BCUT2D eigenvalue weighted by Crippen LogP contribution is 2.38. The predicted molar refractivity (Wildman–Crippen MR) is 73.2 cm³/mol. The third-order valence-electron chi connectivity index (χ3n) is 3.75. The van der Waals surface area contributed by atoms with Crippen molar-refractivity contribution in [3.8, 4) is 5.75 Å². The van der Waals surface area contributed by atoms with Crippen LogP contribution in [0.1, 0.15) is 44.1 Å². The van der Waals surface area contributed by atoms with Gasteiger partial charge in [0.15, 0.2) is 5.75 Å². The summed E-state index contributed by atoms with van der Waals surface area (Å²) < 4.78 is 1.95. The monoisotopic (exact) mass is 266 g/mol. The number of aromatic nitrogens is 1. The van der Waals surface area contributed by atoms with Gasteiger partial charge in [0.1, 0.15) is 0 Å². The van der Waals surface area contributed by atoms with Crippen LogP contribution in [0.2, 0.25) is 0 Å². The molecule has 2 N–H and O–H groups in total. The maximum absolute atomic E-state index is 11.8. The summed E-state index contributed by atoms with van der Waals surface area (Å²) in [4.78, 5) is 13.9. The van der Waals surface area contributed by atoms with E-state index in [0.29, 0.717) is 24.0 Å². The molecule has 1 aromatic rings. The second kappa shape index (κ2) is 5.75. The number of rotatable bonds is 6. The molecule has 0 bridgehead atoms. The van der Waals surface area contributed by atoms with Crippen molar-refractivity contribution < 1.29 is 10.2 Å². The minimum absolute atomic E-state index is 0.169. The van der Waals surface area contributed by atoms with Crippen LogP contribution in [-0.2, 0) is 13.2 Å². The lowest BCUT2D eigenvalue weighted by Gasteiger charge is -2.24. The van der Waals surface area contributed by atoms with Crippen LogP contribution in [0, 0.1) is 0 Å². The first-order valence-corrected chi connectivity index (χ1v) is 6.91. The molecular formula is C14H22N2O3. The maximum atomic E-state index is 11.8. The van der Waals surface area contributed by atoms with Crippen LogP contribution < -0.4 is 5.43 Å². The van der Waals surface area contributed by atoms with Crippen molar-refractivity contribution in [1.29, 1.82) is 0 Å². The Morgan fingerprint density at radius 1 is 1.37 bits per heavy atom. The van der Waals surface area contributed by atoms with Crippen molar-refractivity contribution >= 4 is 0 Å². The Balaban J connectivity index is 2.49. The lowest BCUT2D eigenvalue weighted by Crippen LogP contribution is -2.27. The van der Waals surface area contributed by atoms with Gasteiger partial charge in [-0.1, -0.05) is 13.8 Å². The Kier molecular flexibility index (Phi) is 4.27. The molecular weight excluding hydrogens is 244 g/mol. The zero-order valence-corrected chi connectivity index (χ0v) is 11.6. The van der Waals surface area contributed by atoms with Crippen LogP contribution in [0.25, 0.3) is 0 Å².